The van der Waals surface area contributed by atoms with Crippen LogP contribution in [0.3, 0.4) is 0 Å². The van der Waals surface area contributed by atoms with Gasteiger partial charge in [-0.15, -0.1) is 0 Å². The second-order valence-electron chi connectivity index (χ2n) is 4.38. The highest BCUT2D eigenvalue weighted by Gasteiger charge is 2.12. The van der Waals surface area contributed by atoms with Crippen molar-refractivity contribution in [3.05, 3.63) is 61.9 Å². The molecule has 1 N–H and O–H groups in total. The molecule has 1 amide bonds. The van der Waals surface area contributed by atoms with Gasteiger partial charge in [0.1, 0.15) is 5.82 Å². The van der Waals surface area contributed by atoms with E-state index in [1.165, 1.54) is 12.1 Å². The van der Waals surface area contributed by atoms with Crippen molar-refractivity contribution >= 4 is 45.8 Å². The Balaban J connectivity index is 2.13. The van der Waals surface area contributed by atoms with Gasteiger partial charge in [-0.2, -0.15) is 0 Å². The van der Waals surface area contributed by atoms with Gasteiger partial charge in [0.2, 0.25) is 5.91 Å². The number of halogens is 3. The van der Waals surface area contributed by atoms with Crippen LogP contribution in [0.5, 0.6) is 0 Å². The summed E-state index contributed by atoms with van der Waals surface area (Å²) in [5.41, 5.74) is 1.91. The second kappa shape index (κ2) is 6.54. The molecule has 5 heteroatoms. The van der Waals surface area contributed by atoms with Crippen LogP contribution in [-0.4, -0.2) is 5.91 Å². The molecule has 0 radical (unpaired) electrons. The molecule has 104 valence electrons. The lowest BCUT2D eigenvalue weighted by atomic mass is 10.1. The maximum Gasteiger partial charge on any atom is 0.228 e. The van der Waals surface area contributed by atoms with E-state index < -0.39 is 5.82 Å². The van der Waals surface area contributed by atoms with Crippen LogP contribution in [0, 0.1) is 16.3 Å². The molecule has 0 aromatic heterocycles. The third-order valence-electron chi connectivity index (χ3n) is 2.86. The molecule has 0 aliphatic carbocycles. The fourth-order valence-corrected chi connectivity index (χ4v) is 2.70. The van der Waals surface area contributed by atoms with Crippen molar-refractivity contribution < 1.29 is 9.18 Å². The van der Waals surface area contributed by atoms with Gasteiger partial charge in [0.05, 0.1) is 6.42 Å². The largest absolute Gasteiger partial charge is 0.326 e. The molecule has 2 rings (SSSR count). The molecule has 0 atom stereocenters. The second-order valence-corrected chi connectivity index (χ2v) is 6.04. The Morgan fingerprint density at radius 3 is 2.75 bits per heavy atom. The van der Waals surface area contributed by atoms with E-state index in [0.717, 1.165) is 14.8 Å². The first-order valence-electron chi connectivity index (χ1n) is 5.96. The molecule has 0 aliphatic heterocycles. The Labute approximate surface area is 135 Å². The van der Waals surface area contributed by atoms with Gasteiger partial charge in [-0.25, -0.2) is 4.39 Å². The maximum atomic E-state index is 13.6. The Hall–Kier alpha value is -1.14. The Bertz CT molecular complexity index is 640. The summed E-state index contributed by atoms with van der Waals surface area (Å²) in [7, 11) is 0. The van der Waals surface area contributed by atoms with Crippen molar-refractivity contribution in [2.75, 3.05) is 5.32 Å². The zero-order valence-electron chi connectivity index (χ0n) is 10.7. The van der Waals surface area contributed by atoms with Crippen LogP contribution in [0.25, 0.3) is 0 Å². The summed E-state index contributed by atoms with van der Waals surface area (Å²) in [5.74, 6) is -0.756. The van der Waals surface area contributed by atoms with Crippen molar-refractivity contribution in [3.8, 4) is 0 Å². The molecule has 0 saturated carbocycles. The van der Waals surface area contributed by atoms with Crippen LogP contribution < -0.4 is 5.32 Å². The molecule has 0 unspecified atom stereocenters. The summed E-state index contributed by atoms with van der Waals surface area (Å²) >= 11 is 8.11. The highest BCUT2D eigenvalue weighted by Crippen LogP contribution is 2.21. The van der Waals surface area contributed by atoms with E-state index in [0.29, 0.717) is 0 Å². The maximum absolute atomic E-state index is 13.6. The van der Waals surface area contributed by atoms with Gasteiger partial charge in [-0.1, -0.05) is 17.7 Å². The molecule has 0 bridgehead atoms. The Morgan fingerprint density at radius 1 is 1.35 bits per heavy atom. The van der Waals surface area contributed by atoms with Gasteiger partial charge < -0.3 is 5.32 Å². The molecule has 20 heavy (non-hydrogen) atoms. The number of nitrogens with one attached hydrogen (secondary N) is 1. The van der Waals surface area contributed by atoms with E-state index >= 15 is 0 Å². The minimum Gasteiger partial charge on any atom is -0.326 e. The van der Waals surface area contributed by atoms with Crippen molar-refractivity contribution in [3.63, 3.8) is 0 Å². The van der Waals surface area contributed by atoms with E-state index in [9.17, 15) is 9.18 Å². The van der Waals surface area contributed by atoms with Crippen LogP contribution in [0.15, 0.2) is 36.4 Å². The van der Waals surface area contributed by atoms with Gasteiger partial charge in [-0.3, -0.25) is 4.79 Å². The lowest BCUT2D eigenvalue weighted by Crippen LogP contribution is -2.16. The number of amides is 1. The van der Waals surface area contributed by atoms with Crippen molar-refractivity contribution in [2.24, 2.45) is 0 Å². The van der Waals surface area contributed by atoms with Crippen LogP contribution in [0.2, 0.25) is 5.02 Å². The minimum atomic E-state index is -0.466. The van der Waals surface area contributed by atoms with E-state index in [2.05, 4.69) is 27.9 Å². The summed E-state index contributed by atoms with van der Waals surface area (Å²) in [5, 5.41) is 3.04. The fraction of sp³-hybridized carbons (Fsp3) is 0.133. The van der Waals surface area contributed by atoms with Crippen LogP contribution in [-0.2, 0) is 11.2 Å². The highest BCUT2D eigenvalue weighted by molar-refractivity contribution is 14.1. The molecule has 2 aromatic rings. The Kier molecular flexibility index (Phi) is 4.99. The number of carbonyl (C=O) groups is 1. The van der Waals surface area contributed by atoms with Crippen LogP contribution in [0.4, 0.5) is 10.1 Å². The molecule has 0 heterocycles. The quantitative estimate of drug-likeness (QED) is 0.747. The number of hydrogen-bond donors (Lipinski definition) is 1. The zero-order valence-corrected chi connectivity index (χ0v) is 13.6. The number of benzene rings is 2. The standard InChI is InChI=1S/C15H12ClFINO/c1-9-7-10(18)5-6-14(9)19-15(20)8-11-12(16)3-2-4-13(11)17/h2-7H,8H2,1H3,(H,19,20). The monoisotopic (exact) mass is 403 g/mol. The predicted octanol–water partition coefficient (Wildman–Crippen LogP) is 4.57. The summed E-state index contributed by atoms with van der Waals surface area (Å²) in [6.07, 6.45) is -0.0864. The smallest absolute Gasteiger partial charge is 0.228 e. The van der Waals surface area contributed by atoms with E-state index in [1.807, 2.05) is 25.1 Å². The lowest BCUT2D eigenvalue weighted by molar-refractivity contribution is -0.115. The number of aryl methyl sites for hydroxylation is 1. The summed E-state index contributed by atoms with van der Waals surface area (Å²) in [4.78, 5) is 12.0. The van der Waals surface area contributed by atoms with Gasteiger partial charge in [0.25, 0.3) is 0 Å². The lowest BCUT2D eigenvalue weighted by Gasteiger charge is -2.10. The van der Waals surface area contributed by atoms with Gasteiger partial charge >= 0.3 is 0 Å². The number of anilines is 1. The fourth-order valence-electron chi connectivity index (χ4n) is 1.82. The first kappa shape index (κ1) is 15.3. The highest BCUT2D eigenvalue weighted by atomic mass is 127. The van der Waals surface area contributed by atoms with Crippen molar-refractivity contribution in [1.82, 2.24) is 0 Å². The summed E-state index contributed by atoms with van der Waals surface area (Å²) in [6, 6.07) is 10.1. The van der Waals surface area contributed by atoms with Gasteiger partial charge in [0, 0.05) is 19.8 Å². The van der Waals surface area contributed by atoms with E-state index in [1.54, 1.807) is 6.07 Å². The molecule has 0 aliphatic rings. The number of rotatable bonds is 3. The summed E-state index contributed by atoms with van der Waals surface area (Å²) < 4.78 is 14.7. The normalized spacial score (nSPS) is 10.4. The topological polar surface area (TPSA) is 29.1 Å². The first-order valence-corrected chi connectivity index (χ1v) is 7.42. The molecule has 0 fully saturated rings. The third-order valence-corrected chi connectivity index (χ3v) is 3.89. The van der Waals surface area contributed by atoms with Crippen LogP contribution in [0.1, 0.15) is 11.1 Å². The average molecular weight is 404 g/mol. The first-order chi connectivity index (χ1) is 9.47. The molecule has 2 nitrogen and oxygen atoms in total. The number of hydrogen-bond acceptors (Lipinski definition) is 1. The van der Waals surface area contributed by atoms with E-state index in [4.69, 9.17) is 11.6 Å². The molecule has 0 spiro atoms. The van der Waals surface area contributed by atoms with Crippen LogP contribution >= 0.6 is 34.2 Å². The summed E-state index contributed by atoms with van der Waals surface area (Å²) in [6.45, 7) is 1.91. The average Bonchev–Trinajstić information content (AvgIpc) is 2.37. The predicted molar refractivity (Wildman–Crippen MR) is 87.6 cm³/mol. The third kappa shape index (κ3) is 3.70. The van der Waals surface area contributed by atoms with Gasteiger partial charge in [-0.05, 0) is 65.4 Å². The van der Waals surface area contributed by atoms with Crippen molar-refractivity contribution in [1.29, 1.82) is 0 Å². The molecule has 0 saturated heterocycles. The SMILES string of the molecule is Cc1cc(I)ccc1NC(=O)Cc1c(F)cccc1Cl. The zero-order chi connectivity index (χ0) is 14.7. The molecular weight excluding hydrogens is 392 g/mol. The Morgan fingerprint density at radius 2 is 2.10 bits per heavy atom. The number of carbonyl (C=O) groups excluding carboxylic acids is 1. The van der Waals surface area contributed by atoms with Crippen molar-refractivity contribution in [2.45, 2.75) is 13.3 Å². The molecular formula is C15H12ClFINO. The molecule has 2 aromatic carbocycles. The van der Waals surface area contributed by atoms with Gasteiger partial charge in [0.15, 0.2) is 0 Å². The van der Waals surface area contributed by atoms with E-state index in [-0.39, 0.29) is 22.9 Å². The minimum absolute atomic E-state index is 0.0864.